The molecular formula is C19H18N4O3. The van der Waals surface area contributed by atoms with Gasteiger partial charge >= 0.3 is 0 Å². The number of rotatable bonds is 5. The molecule has 1 atom stereocenters. The number of hydrazone groups is 1. The lowest BCUT2D eigenvalue weighted by molar-refractivity contribution is -0.123. The maximum absolute atomic E-state index is 12.5. The van der Waals surface area contributed by atoms with Crippen LogP contribution in [0.4, 0.5) is 0 Å². The largest absolute Gasteiger partial charge is 0.497 e. The molecule has 0 radical (unpaired) electrons. The van der Waals surface area contributed by atoms with E-state index in [-0.39, 0.29) is 5.56 Å². The van der Waals surface area contributed by atoms with Crippen LogP contribution in [-0.4, -0.2) is 28.8 Å². The summed E-state index contributed by atoms with van der Waals surface area (Å²) in [6.45, 7) is 1.62. The van der Waals surface area contributed by atoms with Crippen molar-refractivity contribution in [3.8, 4) is 5.75 Å². The number of nitrogens with one attached hydrogen (secondary N) is 1. The average Bonchev–Trinajstić information content (AvgIpc) is 2.68. The lowest BCUT2D eigenvalue weighted by Crippen LogP contribution is -2.33. The van der Waals surface area contributed by atoms with E-state index in [1.54, 1.807) is 44.4 Å². The third kappa shape index (κ3) is 3.61. The molecule has 0 saturated carbocycles. The van der Waals surface area contributed by atoms with Crippen LogP contribution in [0.1, 0.15) is 18.5 Å². The van der Waals surface area contributed by atoms with Crippen LogP contribution in [0.5, 0.6) is 5.75 Å². The summed E-state index contributed by atoms with van der Waals surface area (Å²) in [7, 11) is 1.59. The van der Waals surface area contributed by atoms with Crippen molar-refractivity contribution in [3.63, 3.8) is 0 Å². The highest BCUT2D eigenvalue weighted by atomic mass is 16.5. The molecule has 0 saturated heterocycles. The Hall–Kier alpha value is -3.48. The number of carbonyl (C=O) groups is 1. The van der Waals surface area contributed by atoms with Gasteiger partial charge in [0.1, 0.15) is 11.8 Å². The van der Waals surface area contributed by atoms with Crippen LogP contribution in [0, 0.1) is 0 Å². The molecule has 0 spiro atoms. The van der Waals surface area contributed by atoms with E-state index in [9.17, 15) is 9.59 Å². The van der Waals surface area contributed by atoms with Gasteiger partial charge < -0.3 is 4.74 Å². The SMILES string of the molecule is COc1ccc(C=NNC(=O)[C@H](C)n2cnc3ccccc3c2=O)cc1. The van der Waals surface area contributed by atoms with Crippen molar-refractivity contribution in [2.24, 2.45) is 5.10 Å². The molecule has 0 aliphatic rings. The summed E-state index contributed by atoms with van der Waals surface area (Å²) in [5, 5.41) is 4.40. The summed E-state index contributed by atoms with van der Waals surface area (Å²) in [5.41, 5.74) is 3.58. The normalized spacial score (nSPS) is 12.2. The Morgan fingerprint density at radius 2 is 1.96 bits per heavy atom. The van der Waals surface area contributed by atoms with E-state index >= 15 is 0 Å². The van der Waals surface area contributed by atoms with Gasteiger partial charge in [-0.3, -0.25) is 14.2 Å². The predicted octanol–water partition coefficient (Wildman–Crippen LogP) is 2.12. The fourth-order valence-corrected chi connectivity index (χ4v) is 2.44. The molecule has 0 aliphatic carbocycles. The Morgan fingerprint density at radius 1 is 1.23 bits per heavy atom. The van der Waals surface area contributed by atoms with Crippen molar-refractivity contribution in [2.75, 3.05) is 7.11 Å². The minimum absolute atomic E-state index is 0.266. The highest BCUT2D eigenvalue weighted by Crippen LogP contribution is 2.10. The van der Waals surface area contributed by atoms with Gasteiger partial charge in [-0.05, 0) is 48.9 Å². The summed E-state index contributed by atoms with van der Waals surface area (Å²) in [4.78, 5) is 29.0. The van der Waals surface area contributed by atoms with E-state index in [2.05, 4.69) is 15.5 Å². The number of hydrogen-bond donors (Lipinski definition) is 1. The summed E-state index contributed by atoms with van der Waals surface area (Å²) >= 11 is 0. The van der Waals surface area contributed by atoms with Gasteiger partial charge in [-0.1, -0.05) is 12.1 Å². The molecule has 7 heteroatoms. The van der Waals surface area contributed by atoms with Gasteiger partial charge in [0.25, 0.3) is 11.5 Å². The van der Waals surface area contributed by atoms with Crippen LogP contribution in [0.3, 0.4) is 0 Å². The molecule has 3 rings (SSSR count). The van der Waals surface area contributed by atoms with Gasteiger partial charge in [-0.25, -0.2) is 10.4 Å². The third-order valence-electron chi connectivity index (χ3n) is 3.99. The van der Waals surface area contributed by atoms with Crippen LogP contribution in [0.15, 0.2) is 64.8 Å². The minimum atomic E-state index is -0.743. The highest BCUT2D eigenvalue weighted by molar-refractivity contribution is 5.84. The molecular weight excluding hydrogens is 332 g/mol. The van der Waals surface area contributed by atoms with Crippen molar-refractivity contribution in [1.29, 1.82) is 0 Å². The van der Waals surface area contributed by atoms with E-state index in [1.807, 2.05) is 18.2 Å². The first-order chi connectivity index (χ1) is 12.6. The number of carbonyl (C=O) groups excluding carboxylic acids is 1. The molecule has 2 aromatic carbocycles. The molecule has 0 aliphatic heterocycles. The van der Waals surface area contributed by atoms with E-state index in [0.717, 1.165) is 11.3 Å². The number of para-hydroxylation sites is 1. The molecule has 26 heavy (non-hydrogen) atoms. The number of methoxy groups -OCH3 is 1. The van der Waals surface area contributed by atoms with Gasteiger partial charge in [0.15, 0.2) is 0 Å². The van der Waals surface area contributed by atoms with Crippen LogP contribution in [-0.2, 0) is 4.79 Å². The third-order valence-corrected chi connectivity index (χ3v) is 3.99. The molecule has 1 N–H and O–H groups in total. The fraction of sp³-hybridized carbons (Fsp3) is 0.158. The Bertz CT molecular complexity index is 1010. The van der Waals surface area contributed by atoms with Gasteiger partial charge in [-0.2, -0.15) is 5.10 Å². The van der Waals surface area contributed by atoms with Crippen molar-refractivity contribution >= 4 is 23.0 Å². The number of ether oxygens (including phenoxy) is 1. The Labute approximate surface area is 149 Å². The predicted molar refractivity (Wildman–Crippen MR) is 99.4 cm³/mol. The second-order valence-electron chi connectivity index (χ2n) is 5.66. The van der Waals surface area contributed by atoms with Crippen LogP contribution < -0.4 is 15.7 Å². The number of benzene rings is 2. The first kappa shape index (κ1) is 17.3. The number of fused-ring (bicyclic) bond motifs is 1. The van der Waals surface area contributed by atoms with E-state index < -0.39 is 11.9 Å². The Morgan fingerprint density at radius 3 is 2.69 bits per heavy atom. The monoisotopic (exact) mass is 350 g/mol. The first-order valence-corrected chi connectivity index (χ1v) is 8.03. The molecule has 7 nitrogen and oxygen atoms in total. The molecule has 1 aromatic heterocycles. The van der Waals surface area contributed by atoms with Gasteiger partial charge in [0.05, 0.1) is 30.6 Å². The maximum Gasteiger partial charge on any atom is 0.262 e. The van der Waals surface area contributed by atoms with Gasteiger partial charge in [-0.15, -0.1) is 0 Å². The van der Waals surface area contributed by atoms with Crippen molar-refractivity contribution in [3.05, 3.63) is 70.8 Å². The van der Waals surface area contributed by atoms with Crippen molar-refractivity contribution in [1.82, 2.24) is 15.0 Å². The van der Waals surface area contributed by atoms with Gasteiger partial charge in [0, 0.05) is 0 Å². The smallest absolute Gasteiger partial charge is 0.262 e. The lowest BCUT2D eigenvalue weighted by atomic mass is 10.2. The van der Waals surface area contributed by atoms with Crippen LogP contribution in [0.25, 0.3) is 10.9 Å². The Kier molecular flexibility index (Phi) is 5.07. The molecule has 132 valence electrons. The fourth-order valence-electron chi connectivity index (χ4n) is 2.44. The van der Waals surface area contributed by atoms with E-state index in [0.29, 0.717) is 10.9 Å². The minimum Gasteiger partial charge on any atom is -0.497 e. The average molecular weight is 350 g/mol. The molecule has 1 heterocycles. The first-order valence-electron chi connectivity index (χ1n) is 8.03. The quantitative estimate of drug-likeness (QED) is 0.564. The van der Waals surface area contributed by atoms with Crippen LogP contribution in [0.2, 0.25) is 0 Å². The Balaban J connectivity index is 1.72. The summed E-state index contributed by atoms with van der Waals surface area (Å²) < 4.78 is 6.37. The van der Waals surface area contributed by atoms with Crippen molar-refractivity contribution < 1.29 is 9.53 Å². The van der Waals surface area contributed by atoms with Crippen LogP contribution >= 0.6 is 0 Å². The second-order valence-corrected chi connectivity index (χ2v) is 5.66. The summed E-state index contributed by atoms with van der Waals surface area (Å²) in [5.74, 6) is 0.330. The van der Waals surface area contributed by atoms with E-state index in [1.165, 1.54) is 17.1 Å². The number of nitrogens with zero attached hydrogens (tertiary/aromatic N) is 3. The number of hydrogen-bond acceptors (Lipinski definition) is 5. The van der Waals surface area contributed by atoms with Gasteiger partial charge in [0.2, 0.25) is 0 Å². The standard InChI is InChI=1S/C19H18N4O3/c1-13(23-12-20-17-6-4-3-5-16(17)19(23)25)18(24)22-21-11-14-7-9-15(26-2)10-8-14/h3-13H,1-2H3,(H,22,24)/t13-/m0/s1. The maximum atomic E-state index is 12.5. The summed E-state index contributed by atoms with van der Waals surface area (Å²) in [6, 6.07) is 13.5. The molecule has 3 aromatic rings. The molecule has 0 unspecified atom stereocenters. The molecule has 0 fully saturated rings. The zero-order chi connectivity index (χ0) is 18.5. The molecule has 0 bridgehead atoms. The highest BCUT2D eigenvalue weighted by Gasteiger charge is 2.17. The number of amides is 1. The summed E-state index contributed by atoms with van der Waals surface area (Å²) in [6.07, 6.45) is 2.90. The van der Waals surface area contributed by atoms with Crippen molar-refractivity contribution in [2.45, 2.75) is 13.0 Å². The lowest BCUT2D eigenvalue weighted by Gasteiger charge is -2.13. The zero-order valence-electron chi connectivity index (χ0n) is 14.4. The topological polar surface area (TPSA) is 85.6 Å². The second kappa shape index (κ2) is 7.60. The number of aromatic nitrogens is 2. The van der Waals surface area contributed by atoms with E-state index in [4.69, 9.17) is 4.74 Å². The molecule has 1 amide bonds. The zero-order valence-corrected chi connectivity index (χ0v) is 14.4.